The maximum Gasteiger partial charge on any atom is 0.138 e. The predicted molar refractivity (Wildman–Crippen MR) is 86.1 cm³/mol. The fourth-order valence-corrected chi connectivity index (χ4v) is 2.33. The molecule has 1 aromatic heterocycles. The molecule has 3 rings (SSSR count). The highest BCUT2D eigenvalue weighted by molar-refractivity contribution is 5.79. The van der Waals surface area contributed by atoms with Gasteiger partial charge >= 0.3 is 0 Å². The van der Waals surface area contributed by atoms with Crippen LogP contribution in [0.15, 0.2) is 48.5 Å². The minimum Gasteiger partial charge on any atom is -0.377 e. The van der Waals surface area contributed by atoms with E-state index in [1.165, 1.54) is 12.0 Å². The number of imidazole rings is 1. The molecule has 0 spiro atoms. The minimum atomic E-state index is 0.661. The Labute approximate surface area is 125 Å². The van der Waals surface area contributed by atoms with Gasteiger partial charge in [-0.2, -0.15) is 0 Å². The molecule has 0 aliphatic carbocycles. The average molecular weight is 280 g/mol. The van der Waals surface area contributed by atoms with Crippen LogP contribution >= 0.6 is 0 Å². The number of fused-ring (bicyclic) bond motifs is 1. The molecule has 21 heavy (non-hydrogen) atoms. The Hall–Kier alpha value is -2.13. The van der Waals surface area contributed by atoms with Crippen LogP contribution in [0.25, 0.3) is 22.4 Å². The number of hydrogen-bond donors (Lipinski definition) is 1. The van der Waals surface area contributed by atoms with Gasteiger partial charge in [0.2, 0.25) is 0 Å². The van der Waals surface area contributed by atoms with E-state index in [2.05, 4.69) is 41.2 Å². The molecule has 0 fully saturated rings. The Morgan fingerprint density at radius 2 is 2.00 bits per heavy atom. The quantitative estimate of drug-likeness (QED) is 0.673. The summed E-state index contributed by atoms with van der Waals surface area (Å²) in [6.45, 7) is 3.66. The van der Waals surface area contributed by atoms with Crippen LogP contribution in [0.2, 0.25) is 0 Å². The summed E-state index contributed by atoms with van der Waals surface area (Å²) in [5.74, 6) is 0.909. The first kappa shape index (κ1) is 13.8. The maximum atomic E-state index is 5.68. The van der Waals surface area contributed by atoms with E-state index >= 15 is 0 Å². The van der Waals surface area contributed by atoms with Gasteiger partial charge in [-0.3, -0.25) is 0 Å². The standard InChI is InChI=1S/C18H20N2O/c1-2-3-11-21-13-14-7-6-8-15(12-14)18-19-16-9-4-5-10-17(16)20-18/h4-10,12H,2-3,11,13H2,1H3,(H,19,20). The number of unbranched alkanes of at least 4 members (excludes halogenated alkanes) is 1. The van der Waals surface area contributed by atoms with Gasteiger partial charge in [0.15, 0.2) is 0 Å². The lowest BCUT2D eigenvalue weighted by Crippen LogP contribution is -1.95. The minimum absolute atomic E-state index is 0.661. The topological polar surface area (TPSA) is 37.9 Å². The molecule has 0 radical (unpaired) electrons. The fourth-order valence-electron chi connectivity index (χ4n) is 2.33. The number of nitrogens with zero attached hydrogens (tertiary/aromatic N) is 1. The van der Waals surface area contributed by atoms with Crippen LogP contribution in [0, 0.1) is 0 Å². The van der Waals surface area contributed by atoms with Crippen molar-refractivity contribution in [3.05, 3.63) is 54.1 Å². The second-order valence-electron chi connectivity index (χ2n) is 5.21. The number of nitrogens with one attached hydrogen (secondary N) is 1. The van der Waals surface area contributed by atoms with Crippen LogP contribution < -0.4 is 0 Å². The SMILES string of the molecule is CCCCOCc1cccc(-c2nc3ccccc3[nH]2)c1. The van der Waals surface area contributed by atoms with Crippen LogP contribution in [0.3, 0.4) is 0 Å². The Morgan fingerprint density at radius 1 is 1.10 bits per heavy atom. The molecule has 0 atom stereocenters. The smallest absolute Gasteiger partial charge is 0.138 e. The molecular weight excluding hydrogens is 260 g/mol. The monoisotopic (exact) mass is 280 g/mol. The van der Waals surface area contributed by atoms with Crippen LogP contribution in [0.5, 0.6) is 0 Å². The molecule has 3 nitrogen and oxygen atoms in total. The van der Waals surface area contributed by atoms with Crippen LogP contribution in [-0.4, -0.2) is 16.6 Å². The lowest BCUT2D eigenvalue weighted by atomic mass is 10.1. The number of benzene rings is 2. The zero-order valence-corrected chi connectivity index (χ0v) is 12.3. The lowest BCUT2D eigenvalue weighted by molar-refractivity contribution is 0.118. The van der Waals surface area contributed by atoms with Crippen molar-refractivity contribution in [2.24, 2.45) is 0 Å². The van der Waals surface area contributed by atoms with Crippen molar-refractivity contribution in [2.75, 3.05) is 6.61 Å². The number of H-pyrrole nitrogens is 1. The molecule has 0 bridgehead atoms. The summed E-state index contributed by atoms with van der Waals surface area (Å²) in [5, 5.41) is 0. The van der Waals surface area contributed by atoms with Gasteiger partial charge in [-0.05, 0) is 30.2 Å². The second-order valence-corrected chi connectivity index (χ2v) is 5.21. The third kappa shape index (κ3) is 3.31. The molecule has 2 aromatic carbocycles. The summed E-state index contributed by atoms with van der Waals surface area (Å²) in [5.41, 5.74) is 4.35. The third-order valence-corrected chi connectivity index (χ3v) is 3.50. The molecule has 1 heterocycles. The summed E-state index contributed by atoms with van der Waals surface area (Å²) in [4.78, 5) is 8.00. The Kier molecular flexibility index (Phi) is 4.31. The molecule has 1 N–H and O–H groups in total. The number of hydrogen-bond acceptors (Lipinski definition) is 2. The number of aromatic nitrogens is 2. The summed E-state index contributed by atoms with van der Waals surface area (Å²) < 4.78 is 5.68. The van der Waals surface area contributed by atoms with E-state index in [-0.39, 0.29) is 0 Å². The van der Waals surface area contributed by atoms with E-state index in [1.54, 1.807) is 0 Å². The van der Waals surface area contributed by atoms with Gasteiger partial charge in [0.05, 0.1) is 17.6 Å². The zero-order chi connectivity index (χ0) is 14.5. The van der Waals surface area contributed by atoms with Gasteiger partial charge in [0, 0.05) is 12.2 Å². The normalized spacial score (nSPS) is 11.1. The van der Waals surface area contributed by atoms with Crippen LogP contribution in [0.4, 0.5) is 0 Å². The summed E-state index contributed by atoms with van der Waals surface area (Å²) >= 11 is 0. The molecule has 108 valence electrons. The zero-order valence-electron chi connectivity index (χ0n) is 12.3. The Balaban J connectivity index is 1.78. The molecule has 0 unspecified atom stereocenters. The van der Waals surface area contributed by atoms with Crippen molar-refractivity contribution in [1.82, 2.24) is 9.97 Å². The van der Waals surface area contributed by atoms with Crippen molar-refractivity contribution >= 4 is 11.0 Å². The first-order valence-corrected chi connectivity index (χ1v) is 7.48. The molecular formula is C18H20N2O. The van der Waals surface area contributed by atoms with Gasteiger partial charge in [0.25, 0.3) is 0 Å². The van der Waals surface area contributed by atoms with Gasteiger partial charge in [-0.1, -0.05) is 43.7 Å². The average Bonchev–Trinajstić information content (AvgIpc) is 2.96. The van der Waals surface area contributed by atoms with Gasteiger partial charge in [-0.25, -0.2) is 4.98 Å². The first-order chi connectivity index (χ1) is 10.4. The number of rotatable bonds is 6. The van der Waals surface area contributed by atoms with Crippen molar-refractivity contribution in [3.8, 4) is 11.4 Å². The van der Waals surface area contributed by atoms with Crippen molar-refractivity contribution < 1.29 is 4.74 Å². The molecule has 0 aliphatic rings. The van der Waals surface area contributed by atoms with E-state index in [4.69, 9.17) is 4.74 Å². The van der Waals surface area contributed by atoms with Crippen LogP contribution in [-0.2, 0) is 11.3 Å². The lowest BCUT2D eigenvalue weighted by Gasteiger charge is -2.05. The molecule has 3 heteroatoms. The largest absolute Gasteiger partial charge is 0.377 e. The highest BCUT2D eigenvalue weighted by atomic mass is 16.5. The molecule has 0 aliphatic heterocycles. The third-order valence-electron chi connectivity index (χ3n) is 3.50. The fraction of sp³-hybridized carbons (Fsp3) is 0.278. The highest BCUT2D eigenvalue weighted by Gasteiger charge is 2.05. The maximum absolute atomic E-state index is 5.68. The van der Waals surface area contributed by atoms with Crippen molar-refractivity contribution in [1.29, 1.82) is 0 Å². The van der Waals surface area contributed by atoms with E-state index < -0.39 is 0 Å². The van der Waals surface area contributed by atoms with Gasteiger partial charge in [0.1, 0.15) is 5.82 Å². The summed E-state index contributed by atoms with van der Waals surface area (Å²) in [6, 6.07) is 16.5. The Bertz CT molecular complexity index is 685. The van der Waals surface area contributed by atoms with Crippen molar-refractivity contribution in [3.63, 3.8) is 0 Å². The van der Waals surface area contributed by atoms with Crippen LogP contribution in [0.1, 0.15) is 25.3 Å². The van der Waals surface area contributed by atoms with E-state index in [0.717, 1.165) is 35.4 Å². The molecule has 0 amide bonds. The van der Waals surface area contributed by atoms with E-state index in [1.807, 2.05) is 24.3 Å². The molecule has 3 aromatic rings. The molecule has 0 saturated carbocycles. The predicted octanol–water partition coefficient (Wildman–Crippen LogP) is 4.55. The van der Waals surface area contributed by atoms with Gasteiger partial charge < -0.3 is 9.72 Å². The molecule has 0 saturated heterocycles. The van der Waals surface area contributed by atoms with Crippen molar-refractivity contribution in [2.45, 2.75) is 26.4 Å². The van der Waals surface area contributed by atoms with Gasteiger partial charge in [-0.15, -0.1) is 0 Å². The number of para-hydroxylation sites is 2. The highest BCUT2D eigenvalue weighted by Crippen LogP contribution is 2.21. The summed E-state index contributed by atoms with van der Waals surface area (Å²) in [6.07, 6.45) is 2.28. The Morgan fingerprint density at radius 3 is 2.86 bits per heavy atom. The number of ether oxygens (including phenoxy) is 1. The number of aromatic amines is 1. The summed E-state index contributed by atoms with van der Waals surface area (Å²) in [7, 11) is 0. The first-order valence-electron chi connectivity index (χ1n) is 7.48. The van der Waals surface area contributed by atoms with E-state index in [9.17, 15) is 0 Å². The second kappa shape index (κ2) is 6.55. The van der Waals surface area contributed by atoms with E-state index in [0.29, 0.717) is 6.61 Å².